The minimum atomic E-state index is -4.50. The van der Waals surface area contributed by atoms with Crippen molar-refractivity contribution < 1.29 is 26.7 Å². The molecule has 1 aromatic carbocycles. The normalized spacial score (nSPS) is 12.7. The summed E-state index contributed by atoms with van der Waals surface area (Å²) in [6.45, 7) is 5.00. The van der Waals surface area contributed by atoms with Gasteiger partial charge in [0, 0.05) is 0 Å². The van der Waals surface area contributed by atoms with Crippen molar-refractivity contribution in [1.29, 1.82) is 0 Å². The summed E-state index contributed by atoms with van der Waals surface area (Å²) in [4.78, 5) is 10.7. The molecule has 0 bridgehead atoms. The number of carbonyl (C=O) groups excluding carboxylic acids is 1. The van der Waals surface area contributed by atoms with Gasteiger partial charge < -0.3 is 4.74 Å². The molecule has 0 aromatic heterocycles. The van der Waals surface area contributed by atoms with Crippen LogP contribution in [0.25, 0.3) is 0 Å². The fourth-order valence-electron chi connectivity index (χ4n) is 1.37. The average Bonchev–Trinajstić information content (AvgIpc) is 2.41. The first-order valence-corrected chi connectivity index (χ1v) is 7.51. The molecule has 0 aliphatic carbocycles. The van der Waals surface area contributed by atoms with Crippen LogP contribution in [-0.2, 0) is 19.6 Å². The zero-order chi connectivity index (χ0) is 16.0. The van der Waals surface area contributed by atoms with E-state index in [1.54, 1.807) is 10.8 Å². The maximum atomic E-state index is 13.4. The van der Waals surface area contributed by atoms with Gasteiger partial charge >= 0.3 is 0 Å². The fraction of sp³-hybridized carbons (Fsp3) is 0.308. The molecule has 1 N–H and O–H groups in total. The standard InChI is InChI=1S/C13H15F2NO4S/c1-3-4-8-20-9(2)13(17)16-21(18,19)11-7-5-6-10(14)12(11)15/h3,5-7,9H,1,4,8H2,2H3,(H,16,17). The molecule has 0 radical (unpaired) electrons. The number of amides is 1. The lowest BCUT2D eigenvalue weighted by atomic mass is 10.3. The number of rotatable bonds is 7. The van der Waals surface area contributed by atoms with Gasteiger partial charge in [-0.1, -0.05) is 12.1 Å². The maximum Gasteiger partial charge on any atom is 0.267 e. The zero-order valence-electron chi connectivity index (χ0n) is 11.3. The second kappa shape index (κ2) is 7.28. The third kappa shape index (κ3) is 4.61. The molecule has 1 atom stereocenters. The van der Waals surface area contributed by atoms with Gasteiger partial charge in [0.15, 0.2) is 11.6 Å². The summed E-state index contributed by atoms with van der Waals surface area (Å²) in [5.74, 6) is -3.83. The molecule has 21 heavy (non-hydrogen) atoms. The van der Waals surface area contributed by atoms with Crippen LogP contribution < -0.4 is 4.72 Å². The van der Waals surface area contributed by atoms with E-state index in [0.29, 0.717) is 6.42 Å². The number of ether oxygens (including phenoxy) is 1. The monoisotopic (exact) mass is 319 g/mol. The molecule has 0 aliphatic rings. The average molecular weight is 319 g/mol. The quantitative estimate of drug-likeness (QED) is 0.614. The second-order valence-electron chi connectivity index (χ2n) is 4.11. The Morgan fingerprint density at radius 2 is 2.14 bits per heavy atom. The molecule has 0 spiro atoms. The first kappa shape index (κ1) is 17.3. The van der Waals surface area contributed by atoms with Crippen LogP contribution in [0.4, 0.5) is 8.78 Å². The molecule has 116 valence electrons. The SMILES string of the molecule is C=CCCOC(C)C(=O)NS(=O)(=O)c1cccc(F)c1F. The van der Waals surface area contributed by atoms with Crippen LogP contribution in [-0.4, -0.2) is 27.0 Å². The van der Waals surface area contributed by atoms with Gasteiger partial charge in [-0.05, 0) is 25.5 Å². The highest BCUT2D eigenvalue weighted by atomic mass is 32.2. The maximum absolute atomic E-state index is 13.4. The Hall–Kier alpha value is -1.80. The Kier molecular flexibility index (Phi) is 5.98. The molecule has 0 saturated heterocycles. The van der Waals surface area contributed by atoms with Crippen molar-refractivity contribution in [3.05, 3.63) is 42.5 Å². The second-order valence-corrected chi connectivity index (χ2v) is 5.76. The van der Waals surface area contributed by atoms with Gasteiger partial charge in [-0.2, -0.15) is 0 Å². The van der Waals surface area contributed by atoms with Crippen LogP contribution in [0.1, 0.15) is 13.3 Å². The molecule has 1 amide bonds. The molecular weight excluding hydrogens is 304 g/mol. The van der Waals surface area contributed by atoms with Gasteiger partial charge in [-0.15, -0.1) is 6.58 Å². The Labute approximate surface area is 121 Å². The number of hydrogen-bond acceptors (Lipinski definition) is 4. The molecule has 5 nitrogen and oxygen atoms in total. The van der Waals surface area contributed by atoms with Crippen molar-refractivity contribution >= 4 is 15.9 Å². The number of sulfonamides is 1. The summed E-state index contributed by atoms with van der Waals surface area (Å²) in [5.41, 5.74) is 0. The summed E-state index contributed by atoms with van der Waals surface area (Å²) in [6.07, 6.45) is 1.00. The Balaban J connectivity index is 2.83. The van der Waals surface area contributed by atoms with Gasteiger partial charge in [-0.25, -0.2) is 21.9 Å². The molecule has 1 unspecified atom stereocenters. The lowest BCUT2D eigenvalue weighted by Gasteiger charge is -2.13. The first-order chi connectivity index (χ1) is 9.79. The first-order valence-electron chi connectivity index (χ1n) is 6.02. The molecule has 0 heterocycles. The van der Waals surface area contributed by atoms with Crippen molar-refractivity contribution in [2.75, 3.05) is 6.61 Å². The van der Waals surface area contributed by atoms with Gasteiger partial charge in [-0.3, -0.25) is 4.79 Å². The minimum Gasteiger partial charge on any atom is -0.368 e. The van der Waals surface area contributed by atoms with Crippen LogP contribution in [0.15, 0.2) is 35.7 Å². The van der Waals surface area contributed by atoms with Gasteiger partial charge in [0.25, 0.3) is 15.9 Å². The van der Waals surface area contributed by atoms with Gasteiger partial charge in [0.1, 0.15) is 11.0 Å². The van der Waals surface area contributed by atoms with E-state index >= 15 is 0 Å². The highest BCUT2D eigenvalue weighted by molar-refractivity contribution is 7.90. The molecular formula is C13H15F2NO4S. The summed E-state index contributed by atoms with van der Waals surface area (Å²) in [5, 5.41) is 0. The number of nitrogens with one attached hydrogen (secondary N) is 1. The van der Waals surface area contributed by atoms with E-state index < -0.39 is 38.6 Å². The lowest BCUT2D eigenvalue weighted by Crippen LogP contribution is -2.39. The lowest BCUT2D eigenvalue weighted by molar-refractivity contribution is -0.129. The van der Waals surface area contributed by atoms with E-state index in [0.717, 1.165) is 18.2 Å². The summed E-state index contributed by atoms with van der Waals surface area (Å²) in [6, 6.07) is 2.66. The largest absolute Gasteiger partial charge is 0.368 e. The summed E-state index contributed by atoms with van der Waals surface area (Å²) >= 11 is 0. The van der Waals surface area contributed by atoms with Crippen LogP contribution in [0, 0.1) is 11.6 Å². The Bertz CT molecular complexity index is 631. The molecule has 0 fully saturated rings. The number of halogens is 2. The molecule has 1 rings (SSSR count). The van der Waals surface area contributed by atoms with Crippen molar-refractivity contribution in [1.82, 2.24) is 4.72 Å². The molecule has 0 saturated carbocycles. The Morgan fingerprint density at radius 1 is 1.48 bits per heavy atom. The van der Waals surface area contributed by atoms with Gasteiger partial charge in [0.2, 0.25) is 0 Å². The third-order valence-corrected chi connectivity index (χ3v) is 3.86. The topological polar surface area (TPSA) is 72.5 Å². The van der Waals surface area contributed by atoms with Crippen molar-refractivity contribution in [2.45, 2.75) is 24.3 Å². The van der Waals surface area contributed by atoms with E-state index in [1.165, 1.54) is 6.92 Å². The predicted octanol–water partition coefficient (Wildman–Crippen LogP) is 1.75. The van der Waals surface area contributed by atoms with E-state index in [-0.39, 0.29) is 6.61 Å². The number of carbonyl (C=O) groups is 1. The van der Waals surface area contributed by atoms with Crippen molar-refractivity contribution in [3.63, 3.8) is 0 Å². The van der Waals surface area contributed by atoms with Crippen LogP contribution >= 0.6 is 0 Å². The molecule has 0 aliphatic heterocycles. The van der Waals surface area contributed by atoms with Crippen LogP contribution in [0.2, 0.25) is 0 Å². The summed E-state index contributed by atoms with van der Waals surface area (Å²) < 4.78 is 56.9. The van der Waals surface area contributed by atoms with Gasteiger partial charge in [0.05, 0.1) is 6.61 Å². The Morgan fingerprint density at radius 3 is 2.76 bits per heavy atom. The molecule has 8 heteroatoms. The fourth-order valence-corrected chi connectivity index (χ4v) is 2.50. The number of benzene rings is 1. The smallest absolute Gasteiger partial charge is 0.267 e. The van der Waals surface area contributed by atoms with E-state index in [2.05, 4.69) is 6.58 Å². The predicted molar refractivity (Wildman–Crippen MR) is 71.9 cm³/mol. The van der Waals surface area contributed by atoms with E-state index in [1.807, 2.05) is 0 Å². The van der Waals surface area contributed by atoms with E-state index in [4.69, 9.17) is 4.74 Å². The minimum absolute atomic E-state index is 0.187. The highest BCUT2D eigenvalue weighted by Gasteiger charge is 2.26. The third-order valence-electron chi connectivity index (χ3n) is 2.50. The van der Waals surface area contributed by atoms with E-state index in [9.17, 15) is 22.0 Å². The number of hydrogen-bond donors (Lipinski definition) is 1. The van der Waals surface area contributed by atoms with Crippen LogP contribution in [0.3, 0.4) is 0 Å². The highest BCUT2D eigenvalue weighted by Crippen LogP contribution is 2.16. The van der Waals surface area contributed by atoms with Crippen molar-refractivity contribution in [3.8, 4) is 0 Å². The summed E-state index contributed by atoms with van der Waals surface area (Å²) in [7, 11) is -4.50. The van der Waals surface area contributed by atoms with Crippen molar-refractivity contribution in [2.24, 2.45) is 0 Å². The zero-order valence-corrected chi connectivity index (χ0v) is 12.1. The van der Waals surface area contributed by atoms with Crippen LogP contribution in [0.5, 0.6) is 0 Å². The molecule has 1 aromatic rings.